The summed E-state index contributed by atoms with van der Waals surface area (Å²) in [5, 5.41) is 4.26. The first kappa shape index (κ1) is 14.6. The molecule has 1 atom stereocenters. The van der Waals surface area contributed by atoms with Crippen molar-refractivity contribution in [1.82, 2.24) is 9.78 Å². The molecule has 0 saturated heterocycles. The van der Waals surface area contributed by atoms with E-state index in [1.54, 1.807) is 11.7 Å². The van der Waals surface area contributed by atoms with E-state index >= 15 is 0 Å². The predicted molar refractivity (Wildman–Crippen MR) is 69.5 cm³/mol. The Balaban J connectivity index is 2.26. The summed E-state index contributed by atoms with van der Waals surface area (Å²) in [6, 6.07) is 3.17. The molecule has 20 heavy (non-hydrogen) atoms. The number of aryl methyl sites for hydroxylation is 2. The molecule has 0 aliphatic heterocycles. The van der Waals surface area contributed by atoms with Crippen molar-refractivity contribution in [2.45, 2.75) is 25.8 Å². The van der Waals surface area contributed by atoms with Crippen LogP contribution in [0.3, 0.4) is 0 Å². The molecule has 0 radical (unpaired) electrons. The Morgan fingerprint density at radius 2 is 1.95 bits per heavy atom. The van der Waals surface area contributed by atoms with Gasteiger partial charge in [-0.1, -0.05) is 13.0 Å². The molecule has 1 unspecified atom stereocenters. The van der Waals surface area contributed by atoms with Crippen molar-refractivity contribution < 1.29 is 13.2 Å². The van der Waals surface area contributed by atoms with Crippen LogP contribution < -0.4 is 5.73 Å². The van der Waals surface area contributed by atoms with Gasteiger partial charge in [0.2, 0.25) is 0 Å². The second-order valence-electron chi connectivity index (χ2n) is 4.68. The summed E-state index contributed by atoms with van der Waals surface area (Å²) >= 11 is 0. The fourth-order valence-corrected chi connectivity index (χ4v) is 2.10. The lowest BCUT2D eigenvalue weighted by molar-refractivity contribution is 0.434. The van der Waals surface area contributed by atoms with Gasteiger partial charge in [0, 0.05) is 30.8 Å². The third kappa shape index (κ3) is 2.70. The zero-order chi connectivity index (χ0) is 14.9. The van der Waals surface area contributed by atoms with Crippen LogP contribution in [0.2, 0.25) is 0 Å². The quantitative estimate of drug-likeness (QED) is 0.877. The van der Waals surface area contributed by atoms with E-state index in [4.69, 9.17) is 5.73 Å². The molecule has 0 aliphatic rings. The highest BCUT2D eigenvalue weighted by Gasteiger charge is 2.19. The summed E-state index contributed by atoms with van der Waals surface area (Å²) in [7, 11) is 1.77. The maximum absolute atomic E-state index is 13.7. The number of nitrogens with zero attached hydrogens (tertiary/aromatic N) is 2. The Kier molecular flexibility index (Phi) is 4.13. The van der Waals surface area contributed by atoms with E-state index in [0.29, 0.717) is 6.42 Å². The van der Waals surface area contributed by atoms with E-state index < -0.39 is 23.5 Å². The van der Waals surface area contributed by atoms with Crippen LogP contribution >= 0.6 is 0 Å². The molecule has 0 saturated carbocycles. The Morgan fingerprint density at radius 1 is 1.25 bits per heavy atom. The average Bonchev–Trinajstić information content (AvgIpc) is 2.76. The number of rotatable bonds is 4. The predicted octanol–water partition coefficient (Wildman–Crippen LogP) is 2.64. The van der Waals surface area contributed by atoms with Gasteiger partial charge in [-0.3, -0.25) is 4.68 Å². The largest absolute Gasteiger partial charge is 0.324 e. The summed E-state index contributed by atoms with van der Waals surface area (Å²) in [5.74, 6) is -3.93. The lowest BCUT2D eigenvalue weighted by atomic mass is 10.0. The van der Waals surface area contributed by atoms with E-state index in [1.165, 1.54) is 6.07 Å². The first-order chi connectivity index (χ1) is 9.43. The molecule has 1 aromatic heterocycles. The topological polar surface area (TPSA) is 43.8 Å². The van der Waals surface area contributed by atoms with Gasteiger partial charge in [-0.05, 0) is 18.6 Å². The maximum atomic E-state index is 13.7. The van der Waals surface area contributed by atoms with E-state index in [0.717, 1.165) is 23.9 Å². The molecule has 0 bridgehead atoms. The van der Waals surface area contributed by atoms with Gasteiger partial charge in [0.15, 0.2) is 17.5 Å². The van der Waals surface area contributed by atoms with Gasteiger partial charge < -0.3 is 5.73 Å². The van der Waals surface area contributed by atoms with Crippen LogP contribution in [0.1, 0.15) is 29.9 Å². The summed E-state index contributed by atoms with van der Waals surface area (Å²) in [6.45, 7) is 1.97. The van der Waals surface area contributed by atoms with Crippen molar-refractivity contribution in [2.75, 3.05) is 0 Å². The lowest BCUT2D eigenvalue weighted by Gasteiger charge is -2.13. The third-order valence-corrected chi connectivity index (χ3v) is 3.28. The first-order valence-electron chi connectivity index (χ1n) is 6.34. The second-order valence-corrected chi connectivity index (χ2v) is 4.68. The van der Waals surface area contributed by atoms with Gasteiger partial charge in [0.05, 0.1) is 5.69 Å². The summed E-state index contributed by atoms with van der Waals surface area (Å²) in [6.07, 6.45) is 1.08. The van der Waals surface area contributed by atoms with Crippen LogP contribution in [-0.2, 0) is 19.9 Å². The minimum atomic E-state index is -1.49. The Hall–Kier alpha value is -1.82. The van der Waals surface area contributed by atoms with Gasteiger partial charge in [0.25, 0.3) is 0 Å². The van der Waals surface area contributed by atoms with E-state index in [2.05, 4.69) is 5.10 Å². The monoisotopic (exact) mass is 283 g/mol. The van der Waals surface area contributed by atoms with Crippen LogP contribution in [0.5, 0.6) is 0 Å². The average molecular weight is 283 g/mol. The number of aromatic nitrogens is 2. The van der Waals surface area contributed by atoms with Crippen LogP contribution in [0.25, 0.3) is 0 Å². The summed E-state index contributed by atoms with van der Waals surface area (Å²) in [4.78, 5) is 0. The molecule has 2 N–H and O–H groups in total. The molecular formula is C14H16F3N3. The zero-order valence-corrected chi connectivity index (χ0v) is 11.3. The van der Waals surface area contributed by atoms with Crippen LogP contribution in [0, 0.1) is 17.5 Å². The highest BCUT2D eigenvalue weighted by atomic mass is 19.2. The molecular weight excluding hydrogens is 267 g/mol. The van der Waals surface area contributed by atoms with Gasteiger partial charge in [-0.2, -0.15) is 5.10 Å². The Labute approximate surface area is 115 Å². The van der Waals surface area contributed by atoms with Crippen LogP contribution in [0.4, 0.5) is 13.2 Å². The standard InChI is InChI=1S/C14H16F3N3/c1-3-8-6-9(20(2)19-8)7-12(18)10-4-5-11(15)14(17)13(10)16/h4-6,12H,3,7,18H2,1-2H3. The van der Waals surface area contributed by atoms with Gasteiger partial charge >= 0.3 is 0 Å². The van der Waals surface area contributed by atoms with Crippen LogP contribution in [-0.4, -0.2) is 9.78 Å². The Morgan fingerprint density at radius 3 is 2.55 bits per heavy atom. The fraction of sp³-hybridized carbons (Fsp3) is 0.357. The highest BCUT2D eigenvalue weighted by Crippen LogP contribution is 2.23. The fourth-order valence-electron chi connectivity index (χ4n) is 2.10. The SMILES string of the molecule is CCc1cc(CC(N)c2ccc(F)c(F)c2F)n(C)n1. The number of hydrogen-bond acceptors (Lipinski definition) is 2. The van der Waals surface area contributed by atoms with Gasteiger partial charge in [-0.25, -0.2) is 13.2 Å². The lowest BCUT2D eigenvalue weighted by Crippen LogP contribution is -2.17. The zero-order valence-electron chi connectivity index (χ0n) is 11.3. The first-order valence-corrected chi connectivity index (χ1v) is 6.34. The molecule has 2 rings (SSSR count). The number of hydrogen-bond donors (Lipinski definition) is 1. The molecule has 0 amide bonds. The number of nitrogens with two attached hydrogens (primary N) is 1. The molecule has 1 heterocycles. The third-order valence-electron chi connectivity index (χ3n) is 3.28. The van der Waals surface area contributed by atoms with Crippen LogP contribution in [0.15, 0.2) is 18.2 Å². The van der Waals surface area contributed by atoms with E-state index in [1.807, 2.05) is 13.0 Å². The van der Waals surface area contributed by atoms with Gasteiger partial charge in [-0.15, -0.1) is 0 Å². The van der Waals surface area contributed by atoms with Crippen molar-refractivity contribution in [2.24, 2.45) is 12.8 Å². The maximum Gasteiger partial charge on any atom is 0.194 e. The highest BCUT2D eigenvalue weighted by molar-refractivity contribution is 5.25. The van der Waals surface area contributed by atoms with E-state index in [-0.39, 0.29) is 5.56 Å². The molecule has 6 heteroatoms. The smallest absolute Gasteiger partial charge is 0.194 e. The minimum Gasteiger partial charge on any atom is -0.324 e. The van der Waals surface area contributed by atoms with Crippen molar-refractivity contribution >= 4 is 0 Å². The molecule has 0 spiro atoms. The normalized spacial score (nSPS) is 12.7. The van der Waals surface area contributed by atoms with E-state index in [9.17, 15) is 13.2 Å². The Bertz CT molecular complexity index is 622. The molecule has 0 aliphatic carbocycles. The second kappa shape index (κ2) is 5.66. The van der Waals surface area contributed by atoms with Crippen molar-refractivity contribution in [1.29, 1.82) is 0 Å². The number of benzene rings is 1. The van der Waals surface area contributed by atoms with Gasteiger partial charge in [0.1, 0.15) is 0 Å². The molecule has 3 nitrogen and oxygen atoms in total. The molecule has 0 fully saturated rings. The molecule has 108 valence electrons. The van der Waals surface area contributed by atoms with Crippen molar-refractivity contribution in [3.63, 3.8) is 0 Å². The molecule has 2 aromatic rings. The summed E-state index contributed by atoms with van der Waals surface area (Å²) < 4.78 is 41.4. The van der Waals surface area contributed by atoms with Crippen molar-refractivity contribution in [3.8, 4) is 0 Å². The minimum absolute atomic E-state index is 0.0388. The number of halogens is 3. The molecule has 1 aromatic carbocycles. The van der Waals surface area contributed by atoms with Crippen molar-refractivity contribution in [3.05, 3.63) is 52.6 Å². The summed E-state index contributed by atoms with van der Waals surface area (Å²) in [5.41, 5.74) is 7.58.